The molecule has 0 bridgehead atoms. The van der Waals surface area contributed by atoms with Crippen molar-refractivity contribution in [1.82, 2.24) is 15.6 Å². The molecule has 2 heterocycles. The maximum Gasteiger partial charge on any atom is 0.191 e. The zero-order chi connectivity index (χ0) is 9.80. The van der Waals surface area contributed by atoms with Gasteiger partial charge in [0, 0.05) is 18.9 Å². The number of guanidine groups is 1. The van der Waals surface area contributed by atoms with Crippen LogP contribution in [0.25, 0.3) is 0 Å². The number of hydrogen-bond donors (Lipinski definition) is 2. The fraction of sp³-hybridized carbons (Fsp3) is 0.400. The van der Waals surface area contributed by atoms with Crippen molar-refractivity contribution < 1.29 is 0 Å². The predicted octanol–water partition coefficient (Wildman–Crippen LogP) is 0.691. The Bertz CT molecular complexity index is 320. The van der Waals surface area contributed by atoms with Crippen molar-refractivity contribution in [3.05, 3.63) is 30.1 Å². The first-order chi connectivity index (χ1) is 6.86. The highest BCUT2D eigenvalue weighted by molar-refractivity contribution is 5.81. The van der Waals surface area contributed by atoms with Gasteiger partial charge in [-0.1, -0.05) is 0 Å². The minimum absolute atomic E-state index is 0.266. The van der Waals surface area contributed by atoms with Gasteiger partial charge >= 0.3 is 0 Å². The second kappa shape index (κ2) is 4.09. The molecule has 1 atom stereocenters. The van der Waals surface area contributed by atoms with Gasteiger partial charge in [-0.2, -0.15) is 0 Å². The Hall–Kier alpha value is -1.58. The van der Waals surface area contributed by atoms with Crippen LogP contribution in [-0.2, 0) is 0 Å². The Balaban J connectivity index is 1.99. The predicted molar refractivity (Wildman–Crippen MR) is 56.1 cm³/mol. The summed E-state index contributed by atoms with van der Waals surface area (Å²) in [5, 5.41) is 6.49. The van der Waals surface area contributed by atoms with Gasteiger partial charge in [-0.05, 0) is 24.6 Å². The summed E-state index contributed by atoms with van der Waals surface area (Å²) in [5.41, 5.74) is 1.22. The quantitative estimate of drug-likeness (QED) is 0.721. The molecule has 2 rings (SSSR count). The van der Waals surface area contributed by atoms with Gasteiger partial charge in [-0.25, -0.2) is 0 Å². The van der Waals surface area contributed by atoms with Crippen LogP contribution in [0.1, 0.15) is 18.5 Å². The number of aliphatic imine (C=N–C) groups is 1. The summed E-state index contributed by atoms with van der Waals surface area (Å²) in [6.45, 7) is 3.91. The Morgan fingerprint density at radius 2 is 2.21 bits per heavy atom. The van der Waals surface area contributed by atoms with Crippen LogP contribution in [0.4, 0.5) is 0 Å². The molecule has 0 unspecified atom stereocenters. The van der Waals surface area contributed by atoms with E-state index in [-0.39, 0.29) is 6.04 Å². The number of nitrogens with one attached hydrogen (secondary N) is 2. The molecular formula is C10H14N4. The van der Waals surface area contributed by atoms with Gasteiger partial charge in [0.2, 0.25) is 0 Å². The van der Waals surface area contributed by atoms with Crippen LogP contribution in [0.15, 0.2) is 29.5 Å². The minimum atomic E-state index is 0.266. The highest BCUT2D eigenvalue weighted by atomic mass is 15.2. The molecule has 0 aromatic carbocycles. The summed E-state index contributed by atoms with van der Waals surface area (Å²) in [6, 6.07) is 4.28. The Morgan fingerprint density at radius 3 is 2.86 bits per heavy atom. The second-order valence-electron chi connectivity index (χ2n) is 3.30. The number of hydrogen-bond acceptors (Lipinski definition) is 4. The Labute approximate surface area is 83.5 Å². The molecule has 1 aromatic heterocycles. The van der Waals surface area contributed by atoms with Crippen molar-refractivity contribution in [2.24, 2.45) is 4.99 Å². The van der Waals surface area contributed by atoms with E-state index in [1.54, 1.807) is 12.4 Å². The molecule has 1 aromatic rings. The maximum absolute atomic E-state index is 4.28. The fourth-order valence-corrected chi connectivity index (χ4v) is 1.44. The standard InChI is InChI=1S/C10H14N4/c1-8(9-2-4-11-5-3-9)14-10-12-6-7-13-10/h2-5,8H,6-7H2,1H3,(H2,12,13,14)/t8-/m0/s1. The third-order valence-corrected chi connectivity index (χ3v) is 2.23. The summed E-state index contributed by atoms with van der Waals surface area (Å²) in [4.78, 5) is 8.27. The van der Waals surface area contributed by atoms with Gasteiger partial charge in [0.15, 0.2) is 5.96 Å². The first kappa shape index (κ1) is 8.99. The van der Waals surface area contributed by atoms with E-state index in [1.165, 1.54) is 5.56 Å². The second-order valence-corrected chi connectivity index (χ2v) is 3.30. The smallest absolute Gasteiger partial charge is 0.191 e. The minimum Gasteiger partial charge on any atom is -0.355 e. The molecule has 0 spiro atoms. The summed E-state index contributed by atoms with van der Waals surface area (Å²) in [7, 11) is 0. The van der Waals surface area contributed by atoms with Gasteiger partial charge in [-0.3, -0.25) is 9.98 Å². The van der Waals surface area contributed by atoms with E-state index in [4.69, 9.17) is 0 Å². The van der Waals surface area contributed by atoms with Crippen molar-refractivity contribution in [2.75, 3.05) is 13.1 Å². The van der Waals surface area contributed by atoms with Crippen LogP contribution in [0.5, 0.6) is 0 Å². The third kappa shape index (κ3) is 2.02. The summed E-state index contributed by atoms with van der Waals surface area (Å²) in [5.74, 6) is 0.898. The SMILES string of the molecule is C[C@H](NC1=NCCN1)c1ccncc1. The van der Waals surface area contributed by atoms with Gasteiger partial charge < -0.3 is 10.6 Å². The molecule has 0 amide bonds. The number of rotatable bonds is 2. The van der Waals surface area contributed by atoms with E-state index >= 15 is 0 Å². The molecule has 14 heavy (non-hydrogen) atoms. The van der Waals surface area contributed by atoms with Crippen LogP contribution >= 0.6 is 0 Å². The number of nitrogens with zero attached hydrogens (tertiary/aromatic N) is 2. The van der Waals surface area contributed by atoms with Crippen molar-refractivity contribution in [2.45, 2.75) is 13.0 Å². The summed E-state index contributed by atoms with van der Waals surface area (Å²) >= 11 is 0. The number of aromatic nitrogens is 1. The average Bonchev–Trinajstić information content (AvgIpc) is 2.72. The van der Waals surface area contributed by atoms with Crippen LogP contribution < -0.4 is 10.6 Å². The molecule has 0 radical (unpaired) electrons. The molecule has 0 aliphatic carbocycles. The van der Waals surface area contributed by atoms with Gasteiger partial charge in [0.25, 0.3) is 0 Å². The molecule has 4 heteroatoms. The first-order valence-corrected chi connectivity index (χ1v) is 4.81. The van der Waals surface area contributed by atoms with Gasteiger partial charge in [0.05, 0.1) is 12.6 Å². The van der Waals surface area contributed by atoms with E-state index < -0.39 is 0 Å². The molecule has 1 aliphatic heterocycles. The molecule has 0 fully saturated rings. The van der Waals surface area contributed by atoms with Gasteiger partial charge in [-0.15, -0.1) is 0 Å². The highest BCUT2D eigenvalue weighted by Gasteiger charge is 2.09. The maximum atomic E-state index is 4.28. The Kier molecular flexibility index (Phi) is 2.62. The molecule has 0 saturated carbocycles. The first-order valence-electron chi connectivity index (χ1n) is 4.81. The van der Waals surface area contributed by atoms with E-state index in [1.807, 2.05) is 12.1 Å². The van der Waals surface area contributed by atoms with Crippen molar-refractivity contribution >= 4 is 5.96 Å². The largest absolute Gasteiger partial charge is 0.355 e. The lowest BCUT2D eigenvalue weighted by Gasteiger charge is -2.14. The topological polar surface area (TPSA) is 49.3 Å². The Morgan fingerprint density at radius 1 is 1.43 bits per heavy atom. The zero-order valence-corrected chi connectivity index (χ0v) is 8.20. The summed E-state index contributed by atoms with van der Waals surface area (Å²) in [6.07, 6.45) is 3.61. The van der Waals surface area contributed by atoms with Crippen molar-refractivity contribution in [1.29, 1.82) is 0 Å². The highest BCUT2D eigenvalue weighted by Crippen LogP contribution is 2.09. The molecule has 74 valence electrons. The van der Waals surface area contributed by atoms with Crippen molar-refractivity contribution in [3.8, 4) is 0 Å². The third-order valence-electron chi connectivity index (χ3n) is 2.23. The normalized spacial score (nSPS) is 17.1. The van der Waals surface area contributed by atoms with E-state index in [9.17, 15) is 0 Å². The number of pyridine rings is 1. The van der Waals surface area contributed by atoms with E-state index in [0.29, 0.717) is 0 Å². The lowest BCUT2D eigenvalue weighted by atomic mass is 10.1. The molecule has 1 aliphatic rings. The monoisotopic (exact) mass is 190 g/mol. The van der Waals surface area contributed by atoms with Crippen molar-refractivity contribution in [3.63, 3.8) is 0 Å². The fourth-order valence-electron chi connectivity index (χ4n) is 1.44. The molecule has 2 N–H and O–H groups in total. The molecule has 4 nitrogen and oxygen atoms in total. The van der Waals surface area contributed by atoms with E-state index in [0.717, 1.165) is 19.0 Å². The molecule has 0 saturated heterocycles. The van der Waals surface area contributed by atoms with Crippen LogP contribution in [0.3, 0.4) is 0 Å². The summed E-state index contributed by atoms with van der Waals surface area (Å²) < 4.78 is 0. The van der Waals surface area contributed by atoms with Gasteiger partial charge in [0.1, 0.15) is 0 Å². The average molecular weight is 190 g/mol. The van der Waals surface area contributed by atoms with Crippen LogP contribution in [0, 0.1) is 0 Å². The zero-order valence-electron chi connectivity index (χ0n) is 8.20. The van der Waals surface area contributed by atoms with E-state index in [2.05, 4.69) is 27.5 Å². The lowest BCUT2D eigenvalue weighted by molar-refractivity contribution is 0.701. The molecular weight excluding hydrogens is 176 g/mol. The lowest BCUT2D eigenvalue weighted by Crippen LogP contribution is -2.35. The van der Waals surface area contributed by atoms with Crippen LogP contribution in [0.2, 0.25) is 0 Å². The van der Waals surface area contributed by atoms with Crippen LogP contribution in [-0.4, -0.2) is 24.0 Å².